The SMILES string of the molecule is Cc1ccc(C(Br)c2cc(Br)c(C)s2)o1. The van der Waals surface area contributed by atoms with Gasteiger partial charge in [0, 0.05) is 14.2 Å². The molecule has 0 aliphatic rings. The lowest BCUT2D eigenvalue weighted by molar-refractivity contribution is 0.493. The molecular formula is C11H10Br2OS. The summed E-state index contributed by atoms with van der Waals surface area (Å²) in [5, 5.41) is 0. The topological polar surface area (TPSA) is 13.1 Å². The first-order valence-corrected chi connectivity index (χ1v) is 7.06. The van der Waals surface area contributed by atoms with E-state index in [-0.39, 0.29) is 4.83 Å². The number of thiophene rings is 1. The summed E-state index contributed by atoms with van der Waals surface area (Å²) in [5.74, 6) is 1.91. The first-order valence-electron chi connectivity index (χ1n) is 4.54. The van der Waals surface area contributed by atoms with Crippen molar-refractivity contribution in [1.82, 2.24) is 0 Å². The average molecular weight is 350 g/mol. The second-order valence-corrected chi connectivity index (χ2v) is 6.42. The molecular weight excluding hydrogens is 340 g/mol. The van der Waals surface area contributed by atoms with Crippen molar-refractivity contribution in [2.75, 3.05) is 0 Å². The molecule has 0 saturated carbocycles. The van der Waals surface area contributed by atoms with Crippen molar-refractivity contribution in [3.05, 3.63) is 43.9 Å². The lowest BCUT2D eigenvalue weighted by Gasteiger charge is -2.02. The molecule has 0 bridgehead atoms. The Hall–Kier alpha value is -0.0600. The number of furan rings is 1. The van der Waals surface area contributed by atoms with Crippen molar-refractivity contribution < 1.29 is 4.42 Å². The molecule has 15 heavy (non-hydrogen) atoms. The van der Waals surface area contributed by atoms with E-state index in [4.69, 9.17) is 4.42 Å². The fraction of sp³-hybridized carbons (Fsp3) is 0.273. The first kappa shape index (κ1) is 11.4. The number of alkyl halides is 1. The maximum absolute atomic E-state index is 5.59. The third kappa shape index (κ3) is 2.37. The normalized spacial score (nSPS) is 13.1. The third-order valence-electron chi connectivity index (χ3n) is 2.14. The van der Waals surface area contributed by atoms with Crippen LogP contribution in [0.4, 0.5) is 0 Å². The largest absolute Gasteiger partial charge is 0.465 e. The molecule has 0 aliphatic carbocycles. The second-order valence-electron chi connectivity index (χ2n) is 3.36. The van der Waals surface area contributed by atoms with Gasteiger partial charge >= 0.3 is 0 Å². The average Bonchev–Trinajstić information content (AvgIpc) is 2.74. The van der Waals surface area contributed by atoms with Gasteiger partial charge in [0.2, 0.25) is 0 Å². The van der Waals surface area contributed by atoms with Gasteiger partial charge in [-0.25, -0.2) is 0 Å². The molecule has 0 fully saturated rings. The lowest BCUT2D eigenvalue weighted by atomic mass is 10.3. The minimum Gasteiger partial charge on any atom is -0.465 e. The summed E-state index contributed by atoms with van der Waals surface area (Å²) < 4.78 is 6.76. The van der Waals surface area contributed by atoms with Gasteiger partial charge in [-0.15, -0.1) is 11.3 Å². The molecule has 2 heterocycles. The molecule has 2 aromatic heterocycles. The Kier molecular flexibility index (Phi) is 3.38. The van der Waals surface area contributed by atoms with Crippen LogP contribution >= 0.6 is 43.2 Å². The van der Waals surface area contributed by atoms with Crippen LogP contribution in [0.25, 0.3) is 0 Å². The van der Waals surface area contributed by atoms with E-state index in [1.807, 2.05) is 19.1 Å². The molecule has 1 atom stereocenters. The second kappa shape index (κ2) is 4.44. The van der Waals surface area contributed by atoms with E-state index in [0.29, 0.717) is 0 Å². The van der Waals surface area contributed by atoms with Crippen molar-refractivity contribution in [2.24, 2.45) is 0 Å². The Bertz CT molecular complexity index is 453. The van der Waals surface area contributed by atoms with Gasteiger partial charge in [0.15, 0.2) is 0 Å². The van der Waals surface area contributed by atoms with E-state index < -0.39 is 0 Å². The minimum absolute atomic E-state index is 0.154. The lowest BCUT2D eigenvalue weighted by Crippen LogP contribution is -1.85. The summed E-state index contributed by atoms with van der Waals surface area (Å²) in [5.41, 5.74) is 0. The van der Waals surface area contributed by atoms with Crippen LogP contribution in [-0.4, -0.2) is 0 Å². The van der Waals surface area contributed by atoms with Gasteiger partial charge in [-0.1, -0.05) is 15.9 Å². The van der Waals surface area contributed by atoms with Gasteiger partial charge in [0.25, 0.3) is 0 Å². The summed E-state index contributed by atoms with van der Waals surface area (Å²) >= 11 is 8.94. The summed E-state index contributed by atoms with van der Waals surface area (Å²) in [4.78, 5) is 2.70. The Labute approximate surface area is 110 Å². The molecule has 0 spiro atoms. The third-order valence-corrected chi connectivity index (χ3v) is 5.59. The predicted octanol–water partition coefficient (Wildman–Crippen LogP) is 5.20. The van der Waals surface area contributed by atoms with Crippen molar-refractivity contribution in [3.63, 3.8) is 0 Å². The molecule has 0 saturated heterocycles. The predicted molar refractivity (Wildman–Crippen MR) is 71.0 cm³/mol. The zero-order valence-corrected chi connectivity index (χ0v) is 12.4. The molecule has 80 valence electrons. The minimum atomic E-state index is 0.154. The Morgan fingerprint density at radius 1 is 1.33 bits per heavy atom. The maximum atomic E-state index is 5.59. The standard InChI is InChI=1S/C11H10Br2OS/c1-6-3-4-9(14-6)11(13)10-5-8(12)7(2)15-10/h3-5,11H,1-2H3. The van der Waals surface area contributed by atoms with Crippen LogP contribution in [0.15, 0.2) is 27.1 Å². The molecule has 0 aliphatic heterocycles. The van der Waals surface area contributed by atoms with Crippen LogP contribution in [0.5, 0.6) is 0 Å². The van der Waals surface area contributed by atoms with Crippen LogP contribution < -0.4 is 0 Å². The highest BCUT2D eigenvalue weighted by atomic mass is 79.9. The fourth-order valence-electron chi connectivity index (χ4n) is 1.34. The Morgan fingerprint density at radius 3 is 2.53 bits per heavy atom. The smallest absolute Gasteiger partial charge is 0.123 e. The monoisotopic (exact) mass is 348 g/mol. The van der Waals surface area contributed by atoms with E-state index in [1.54, 1.807) is 11.3 Å². The summed E-state index contributed by atoms with van der Waals surface area (Å²) in [6.45, 7) is 4.06. The zero-order chi connectivity index (χ0) is 11.0. The highest BCUT2D eigenvalue weighted by Gasteiger charge is 2.17. The van der Waals surface area contributed by atoms with Crippen molar-refractivity contribution in [2.45, 2.75) is 18.7 Å². The van der Waals surface area contributed by atoms with Crippen LogP contribution in [0, 0.1) is 13.8 Å². The molecule has 0 amide bonds. The van der Waals surface area contributed by atoms with Crippen molar-refractivity contribution in [1.29, 1.82) is 0 Å². The highest BCUT2D eigenvalue weighted by molar-refractivity contribution is 9.10. The van der Waals surface area contributed by atoms with Crippen LogP contribution in [0.3, 0.4) is 0 Å². The summed E-state index contributed by atoms with van der Waals surface area (Å²) in [6, 6.07) is 6.13. The van der Waals surface area contributed by atoms with E-state index in [0.717, 1.165) is 16.0 Å². The van der Waals surface area contributed by atoms with Gasteiger partial charge in [-0.05, 0) is 48.0 Å². The maximum Gasteiger partial charge on any atom is 0.123 e. The van der Waals surface area contributed by atoms with E-state index in [2.05, 4.69) is 44.8 Å². The number of hydrogen-bond donors (Lipinski definition) is 0. The fourth-order valence-corrected chi connectivity index (χ4v) is 3.54. The molecule has 0 aromatic carbocycles. The molecule has 4 heteroatoms. The first-order chi connectivity index (χ1) is 7.08. The van der Waals surface area contributed by atoms with E-state index in [9.17, 15) is 0 Å². The molecule has 2 rings (SSSR count). The molecule has 0 N–H and O–H groups in total. The molecule has 2 aromatic rings. The van der Waals surface area contributed by atoms with Crippen molar-refractivity contribution in [3.8, 4) is 0 Å². The van der Waals surface area contributed by atoms with E-state index >= 15 is 0 Å². The quantitative estimate of drug-likeness (QED) is 0.678. The van der Waals surface area contributed by atoms with Crippen LogP contribution in [0.1, 0.15) is 26.1 Å². The summed E-state index contributed by atoms with van der Waals surface area (Å²) in [6.07, 6.45) is 0. The van der Waals surface area contributed by atoms with Crippen LogP contribution in [0.2, 0.25) is 0 Å². The van der Waals surface area contributed by atoms with Gasteiger partial charge in [0.05, 0.1) is 0 Å². The molecule has 1 unspecified atom stereocenters. The zero-order valence-electron chi connectivity index (χ0n) is 8.38. The molecule has 0 radical (unpaired) electrons. The van der Waals surface area contributed by atoms with Gasteiger partial charge < -0.3 is 4.42 Å². The Morgan fingerprint density at radius 2 is 2.07 bits per heavy atom. The Balaban J connectivity index is 2.31. The number of hydrogen-bond acceptors (Lipinski definition) is 2. The number of rotatable bonds is 2. The number of halogens is 2. The van der Waals surface area contributed by atoms with Crippen LogP contribution in [-0.2, 0) is 0 Å². The highest BCUT2D eigenvalue weighted by Crippen LogP contribution is 2.39. The van der Waals surface area contributed by atoms with Gasteiger partial charge in [0.1, 0.15) is 16.3 Å². The van der Waals surface area contributed by atoms with Gasteiger partial charge in [-0.3, -0.25) is 0 Å². The summed E-state index contributed by atoms with van der Waals surface area (Å²) in [7, 11) is 0. The number of aryl methyl sites for hydroxylation is 2. The van der Waals surface area contributed by atoms with E-state index in [1.165, 1.54) is 9.75 Å². The van der Waals surface area contributed by atoms with Crippen molar-refractivity contribution >= 4 is 43.2 Å². The molecule has 1 nitrogen and oxygen atoms in total. The van der Waals surface area contributed by atoms with Gasteiger partial charge in [-0.2, -0.15) is 0 Å².